The summed E-state index contributed by atoms with van der Waals surface area (Å²) in [4.78, 5) is 30.9. The van der Waals surface area contributed by atoms with Crippen LogP contribution in [0.25, 0.3) is 11.4 Å². The Morgan fingerprint density at radius 2 is 1.93 bits per heavy atom. The van der Waals surface area contributed by atoms with Gasteiger partial charge in [0, 0.05) is 29.2 Å². The van der Waals surface area contributed by atoms with Gasteiger partial charge in [-0.25, -0.2) is 0 Å². The Kier molecular flexibility index (Phi) is 5.18. The van der Waals surface area contributed by atoms with Gasteiger partial charge in [0.05, 0.1) is 13.0 Å². The van der Waals surface area contributed by atoms with Gasteiger partial charge in [-0.2, -0.15) is 4.98 Å². The molecule has 2 heterocycles. The van der Waals surface area contributed by atoms with Crippen LogP contribution in [0.2, 0.25) is 5.02 Å². The quantitative estimate of drug-likeness (QED) is 0.671. The summed E-state index contributed by atoms with van der Waals surface area (Å²) < 4.78 is 5.13. The number of carbonyl (C=O) groups is 2. The molecule has 1 atom stereocenters. The van der Waals surface area contributed by atoms with Crippen molar-refractivity contribution in [2.75, 3.05) is 23.9 Å². The van der Waals surface area contributed by atoms with Gasteiger partial charge >= 0.3 is 0 Å². The lowest BCUT2D eigenvalue weighted by Crippen LogP contribution is -2.28. The summed E-state index contributed by atoms with van der Waals surface area (Å²) in [5.74, 6) is 0.496. The molecule has 0 unspecified atom stereocenters. The summed E-state index contributed by atoms with van der Waals surface area (Å²) in [7, 11) is 1.58. The van der Waals surface area contributed by atoms with Crippen molar-refractivity contribution in [2.24, 2.45) is 5.92 Å². The molecule has 1 fully saturated rings. The van der Waals surface area contributed by atoms with Crippen molar-refractivity contribution in [2.45, 2.75) is 6.42 Å². The van der Waals surface area contributed by atoms with Crippen LogP contribution in [0.1, 0.15) is 6.42 Å². The minimum atomic E-state index is -0.484. The zero-order valence-electron chi connectivity index (χ0n) is 15.6. The second kappa shape index (κ2) is 7.92. The number of ether oxygens (including phenoxy) is 1. The minimum absolute atomic E-state index is 0.104. The molecule has 2 N–H and O–H groups in total. The highest BCUT2D eigenvalue weighted by Crippen LogP contribution is 2.27. The fraction of sp³-hybridized carbons (Fsp3) is 0.200. The number of hydrogen-bond donors (Lipinski definition) is 2. The molecular weight excluding hydrogens is 394 g/mol. The van der Waals surface area contributed by atoms with E-state index in [4.69, 9.17) is 16.3 Å². The Morgan fingerprint density at radius 1 is 1.21 bits per heavy atom. The van der Waals surface area contributed by atoms with Gasteiger partial charge in [-0.05, 0) is 48.5 Å². The number of amides is 2. The molecule has 3 aromatic rings. The van der Waals surface area contributed by atoms with Crippen molar-refractivity contribution in [3.63, 3.8) is 0 Å². The summed E-state index contributed by atoms with van der Waals surface area (Å²) in [6.45, 7) is 0.297. The van der Waals surface area contributed by atoms with Crippen molar-refractivity contribution in [1.82, 2.24) is 15.2 Å². The molecule has 2 aromatic carbocycles. The molecule has 0 radical (unpaired) electrons. The molecule has 8 nitrogen and oxygen atoms in total. The van der Waals surface area contributed by atoms with Crippen molar-refractivity contribution in [3.8, 4) is 17.1 Å². The Labute approximate surface area is 171 Å². The lowest BCUT2D eigenvalue weighted by Gasteiger charge is -2.16. The van der Waals surface area contributed by atoms with E-state index in [2.05, 4.69) is 20.5 Å². The number of aromatic amines is 1. The molecular formula is C20H18ClN5O3. The van der Waals surface area contributed by atoms with Crippen LogP contribution in [0, 0.1) is 5.92 Å². The third-order valence-electron chi connectivity index (χ3n) is 4.72. The Bertz CT molecular complexity index is 1030. The number of aromatic nitrogens is 3. The number of hydrogen-bond acceptors (Lipinski definition) is 5. The summed E-state index contributed by atoms with van der Waals surface area (Å²) in [6, 6.07) is 14.2. The monoisotopic (exact) mass is 411 g/mol. The van der Waals surface area contributed by atoms with Gasteiger partial charge in [-0.15, -0.1) is 5.10 Å². The van der Waals surface area contributed by atoms with E-state index >= 15 is 0 Å². The fourth-order valence-electron chi connectivity index (χ4n) is 3.16. The largest absolute Gasteiger partial charge is 0.497 e. The lowest BCUT2D eigenvalue weighted by atomic mass is 10.1. The van der Waals surface area contributed by atoms with Gasteiger partial charge in [0.2, 0.25) is 17.8 Å². The second-order valence-electron chi connectivity index (χ2n) is 6.61. The molecule has 1 saturated heterocycles. The van der Waals surface area contributed by atoms with Crippen molar-refractivity contribution >= 4 is 35.1 Å². The molecule has 0 bridgehead atoms. The topological polar surface area (TPSA) is 100 Å². The van der Waals surface area contributed by atoms with Crippen molar-refractivity contribution in [3.05, 3.63) is 53.6 Å². The molecule has 1 aliphatic rings. The number of rotatable bonds is 5. The van der Waals surface area contributed by atoms with Crippen LogP contribution in [0.15, 0.2) is 48.5 Å². The van der Waals surface area contributed by atoms with E-state index in [1.165, 1.54) is 0 Å². The van der Waals surface area contributed by atoms with Gasteiger partial charge in [0.25, 0.3) is 0 Å². The minimum Gasteiger partial charge on any atom is -0.497 e. The van der Waals surface area contributed by atoms with E-state index in [1.807, 2.05) is 0 Å². The number of H-pyrrole nitrogens is 1. The molecule has 1 aromatic heterocycles. The summed E-state index contributed by atoms with van der Waals surface area (Å²) >= 11 is 5.89. The standard InChI is InChI=1S/C20H18ClN5O3/c1-29-16-8-6-15(7-9-16)26-11-13(10-17(26)27)19(28)23-20-22-18(24-25-20)12-2-4-14(21)5-3-12/h2-9,13H,10-11H2,1H3,(H2,22,23,24,25,28)/t13-/m0/s1. The predicted octanol–water partition coefficient (Wildman–Crippen LogP) is 3.13. The lowest BCUT2D eigenvalue weighted by molar-refractivity contribution is -0.122. The maximum absolute atomic E-state index is 12.6. The van der Waals surface area contributed by atoms with Crippen LogP contribution in [0.3, 0.4) is 0 Å². The highest BCUT2D eigenvalue weighted by Gasteiger charge is 2.35. The van der Waals surface area contributed by atoms with E-state index < -0.39 is 5.92 Å². The van der Waals surface area contributed by atoms with Gasteiger partial charge in [-0.3, -0.25) is 20.0 Å². The van der Waals surface area contributed by atoms with Crippen molar-refractivity contribution in [1.29, 1.82) is 0 Å². The van der Waals surface area contributed by atoms with Crippen molar-refractivity contribution < 1.29 is 14.3 Å². The Balaban J connectivity index is 1.41. The number of benzene rings is 2. The van der Waals surface area contributed by atoms with Crippen LogP contribution >= 0.6 is 11.6 Å². The number of nitrogens with zero attached hydrogens (tertiary/aromatic N) is 3. The average molecular weight is 412 g/mol. The third kappa shape index (κ3) is 4.07. The maximum Gasteiger partial charge on any atom is 0.249 e. The van der Waals surface area contributed by atoms with Gasteiger partial charge in [-0.1, -0.05) is 11.6 Å². The maximum atomic E-state index is 12.6. The van der Waals surface area contributed by atoms with Crippen LogP contribution in [0.5, 0.6) is 5.75 Å². The molecule has 2 amide bonds. The fourth-order valence-corrected chi connectivity index (χ4v) is 3.29. The molecule has 148 valence electrons. The first-order valence-corrected chi connectivity index (χ1v) is 9.35. The van der Waals surface area contributed by atoms with Crippen LogP contribution < -0.4 is 15.0 Å². The van der Waals surface area contributed by atoms with Crippen LogP contribution in [-0.2, 0) is 9.59 Å². The van der Waals surface area contributed by atoms with E-state index in [0.29, 0.717) is 23.1 Å². The van der Waals surface area contributed by atoms with Crippen LogP contribution in [-0.4, -0.2) is 40.7 Å². The van der Waals surface area contributed by atoms with E-state index in [9.17, 15) is 9.59 Å². The molecule has 0 saturated carbocycles. The molecule has 9 heteroatoms. The predicted molar refractivity (Wildman–Crippen MR) is 109 cm³/mol. The third-order valence-corrected chi connectivity index (χ3v) is 4.97. The van der Waals surface area contributed by atoms with Gasteiger partial charge < -0.3 is 9.64 Å². The zero-order chi connectivity index (χ0) is 20.4. The summed E-state index contributed by atoms with van der Waals surface area (Å²) in [5, 5.41) is 10.1. The average Bonchev–Trinajstić information content (AvgIpc) is 3.35. The molecule has 0 spiro atoms. The Morgan fingerprint density at radius 3 is 2.62 bits per heavy atom. The number of methoxy groups -OCH3 is 1. The number of halogens is 1. The van der Waals surface area contributed by atoms with Crippen LogP contribution in [0.4, 0.5) is 11.6 Å². The molecule has 1 aliphatic heterocycles. The second-order valence-corrected chi connectivity index (χ2v) is 7.04. The molecule has 29 heavy (non-hydrogen) atoms. The Hall–Kier alpha value is -3.39. The van der Waals surface area contributed by atoms with Gasteiger partial charge in [0.1, 0.15) is 5.75 Å². The van der Waals surface area contributed by atoms with E-state index in [0.717, 1.165) is 11.3 Å². The number of anilines is 2. The molecule has 4 rings (SSSR count). The highest BCUT2D eigenvalue weighted by atomic mass is 35.5. The number of carbonyl (C=O) groups excluding carboxylic acids is 2. The normalized spacial score (nSPS) is 16.1. The highest BCUT2D eigenvalue weighted by molar-refractivity contribution is 6.30. The summed E-state index contributed by atoms with van der Waals surface area (Å²) in [6.07, 6.45) is 0.131. The summed E-state index contributed by atoms with van der Waals surface area (Å²) in [5.41, 5.74) is 1.53. The van der Waals surface area contributed by atoms with E-state index in [-0.39, 0.29) is 24.2 Å². The van der Waals surface area contributed by atoms with Gasteiger partial charge in [0.15, 0.2) is 5.82 Å². The smallest absolute Gasteiger partial charge is 0.249 e. The zero-order valence-corrected chi connectivity index (χ0v) is 16.3. The first kappa shape index (κ1) is 18.9. The first-order valence-electron chi connectivity index (χ1n) is 8.97. The molecule has 0 aliphatic carbocycles. The number of nitrogens with one attached hydrogen (secondary N) is 2. The first-order chi connectivity index (χ1) is 14.0. The SMILES string of the molecule is COc1ccc(N2C[C@@H](C(=O)Nc3n[nH]c(-c4ccc(Cl)cc4)n3)CC2=O)cc1. The van der Waals surface area contributed by atoms with E-state index in [1.54, 1.807) is 60.5 Å².